The summed E-state index contributed by atoms with van der Waals surface area (Å²) in [4.78, 5) is 10.5. The summed E-state index contributed by atoms with van der Waals surface area (Å²) < 4.78 is 24.1. The van der Waals surface area contributed by atoms with Crippen LogP contribution in [0.4, 0.5) is 0 Å². The maximum absolute atomic E-state index is 11.2. The zero-order chi connectivity index (χ0) is 10.9. The lowest BCUT2D eigenvalue weighted by molar-refractivity contribution is 0.112. The highest BCUT2D eigenvalue weighted by atomic mass is 32.2. The Labute approximate surface area is 88.0 Å². The van der Waals surface area contributed by atoms with E-state index in [1.165, 1.54) is 6.20 Å². The van der Waals surface area contributed by atoms with E-state index in [1.54, 1.807) is 10.9 Å². The number of hydrogen-bond acceptors (Lipinski definition) is 4. The average molecular weight is 228 g/mol. The molecular formula is C9H12N2O3S. The second kappa shape index (κ2) is 3.77. The predicted molar refractivity (Wildman–Crippen MR) is 54.5 cm³/mol. The second-order valence-corrected chi connectivity index (χ2v) is 6.06. The third kappa shape index (κ3) is 2.26. The molecule has 0 amide bonds. The van der Waals surface area contributed by atoms with E-state index in [-0.39, 0.29) is 17.5 Å². The SMILES string of the molecule is O=Cc1cnn(C2CCS(=O)(=O)CC2)c1. The summed E-state index contributed by atoms with van der Waals surface area (Å²) in [6, 6.07) is 0.113. The molecule has 5 nitrogen and oxygen atoms in total. The number of sulfone groups is 1. The van der Waals surface area contributed by atoms with Gasteiger partial charge < -0.3 is 0 Å². The van der Waals surface area contributed by atoms with E-state index in [0.29, 0.717) is 18.4 Å². The van der Waals surface area contributed by atoms with Gasteiger partial charge >= 0.3 is 0 Å². The van der Waals surface area contributed by atoms with Crippen LogP contribution in [-0.2, 0) is 9.84 Å². The lowest BCUT2D eigenvalue weighted by Crippen LogP contribution is -2.25. The van der Waals surface area contributed by atoms with Crippen LogP contribution in [0.25, 0.3) is 0 Å². The van der Waals surface area contributed by atoms with Crippen LogP contribution < -0.4 is 0 Å². The molecule has 1 fully saturated rings. The Bertz CT molecular complexity index is 449. The highest BCUT2D eigenvalue weighted by Crippen LogP contribution is 2.23. The standard InChI is InChI=1S/C9H12N2O3S/c12-7-8-5-10-11(6-8)9-1-3-15(13,14)4-2-9/h5-7,9H,1-4H2. The number of carbonyl (C=O) groups is 1. The maximum Gasteiger partial charge on any atom is 0.153 e. The van der Waals surface area contributed by atoms with E-state index in [9.17, 15) is 13.2 Å². The Morgan fingerprint density at radius 3 is 2.60 bits per heavy atom. The Kier molecular flexibility index (Phi) is 2.60. The van der Waals surface area contributed by atoms with Gasteiger partial charge in [-0.1, -0.05) is 0 Å². The van der Waals surface area contributed by atoms with Gasteiger partial charge in [-0.15, -0.1) is 0 Å². The van der Waals surface area contributed by atoms with Gasteiger partial charge in [-0.2, -0.15) is 5.10 Å². The molecule has 1 aliphatic heterocycles. The van der Waals surface area contributed by atoms with Crippen LogP contribution in [0.1, 0.15) is 29.2 Å². The van der Waals surface area contributed by atoms with Crippen LogP contribution in [0, 0.1) is 0 Å². The number of hydrogen-bond donors (Lipinski definition) is 0. The van der Waals surface area contributed by atoms with Crippen molar-refractivity contribution < 1.29 is 13.2 Å². The molecular weight excluding hydrogens is 216 g/mol. The van der Waals surface area contributed by atoms with Gasteiger partial charge in [0.25, 0.3) is 0 Å². The smallest absolute Gasteiger partial charge is 0.153 e. The van der Waals surface area contributed by atoms with E-state index in [0.717, 1.165) is 6.29 Å². The first-order valence-electron chi connectivity index (χ1n) is 4.80. The van der Waals surface area contributed by atoms with E-state index in [4.69, 9.17) is 0 Å². The summed E-state index contributed by atoms with van der Waals surface area (Å²) in [5.74, 6) is 0.432. The molecule has 2 rings (SSSR count). The molecule has 1 saturated heterocycles. The summed E-state index contributed by atoms with van der Waals surface area (Å²) in [6.07, 6.45) is 5.07. The van der Waals surface area contributed by atoms with Gasteiger partial charge in [0.15, 0.2) is 6.29 Å². The largest absolute Gasteiger partial charge is 0.298 e. The molecule has 15 heavy (non-hydrogen) atoms. The van der Waals surface area contributed by atoms with Crippen molar-refractivity contribution in [3.05, 3.63) is 18.0 Å². The number of rotatable bonds is 2. The van der Waals surface area contributed by atoms with Gasteiger partial charge in [0.05, 0.1) is 29.3 Å². The summed E-state index contributed by atoms with van der Waals surface area (Å²) in [5.41, 5.74) is 0.531. The van der Waals surface area contributed by atoms with Gasteiger partial charge in [0, 0.05) is 6.20 Å². The summed E-state index contributed by atoms with van der Waals surface area (Å²) >= 11 is 0. The molecule has 0 aliphatic carbocycles. The first kappa shape index (κ1) is 10.4. The normalized spacial score (nSPS) is 21.3. The van der Waals surface area contributed by atoms with Gasteiger partial charge in [0.1, 0.15) is 9.84 Å². The van der Waals surface area contributed by atoms with Crippen LogP contribution >= 0.6 is 0 Å². The number of carbonyl (C=O) groups excluding carboxylic acids is 1. The zero-order valence-electron chi connectivity index (χ0n) is 8.17. The zero-order valence-corrected chi connectivity index (χ0v) is 8.98. The molecule has 0 spiro atoms. The fourth-order valence-corrected chi connectivity index (χ4v) is 3.22. The monoisotopic (exact) mass is 228 g/mol. The van der Waals surface area contributed by atoms with Crippen LogP contribution in [0.5, 0.6) is 0 Å². The predicted octanol–water partition coefficient (Wildman–Crippen LogP) is 0.445. The van der Waals surface area contributed by atoms with Crippen molar-refractivity contribution in [3.8, 4) is 0 Å². The Morgan fingerprint density at radius 1 is 1.40 bits per heavy atom. The molecule has 1 aromatic heterocycles. The van der Waals surface area contributed by atoms with Gasteiger partial charge in [-0.05, 0) is 12.8 Å². The Morgan fingerprint density at radius 2 is 2.07 bits per heavy atom. The summed E-state index contributed by atoms with van der Waals surface area (Å²) in [7, 11) is -2.83. The first-order chi connectivity index (χ1) is 7.11. The third-order valence-corrected chi connectivity index (χ3v) is 4.37. The van der Waals surface area contributed by atoms with Crippen LogP contribution in [0.3, 0.4) is 0 Å². The quantitative estimate of drug-likeness (QED) is 0.689. The van der Waals surface area contributed by atoms with Gasteiger partial charge in [0.2, 0.25) is 0 Å². The molecule has 2 heterocycles. The minimum absolute atomic E-state index is 0.113. The van der Waals surface area contributed by atoms with E-state index >= 15 is 0 Å². The van der Waals surface area contributed by atoms with Crippen molar-refractivity contribution in [1.29, 1.82) is 0 Å². The molecule has 0 bridgehead atoms. The molecule has 0 aromatic carbocycles. The fraction of sp³-hybridized carbons (Fsp3) is 0.556. The highest BCUT2D eigenvalue weighted by molar-refractivity contribution is 7.91. The topological polar surface area (TPSA) is 69.0 Å². The number of nitrogens with zero attached hydrogens (tertiary/aromatic N) is 2. The Hall–Kier alpha value is -1.17. The van der Waals surface area contributed by atoms with Crippen molar-refractivity contribution in [2.75, 3.05) is 11.5 Å². The van der Waals surface area contributed by atoms with E-state index < -0.39 is 9.84 Å². The first-order valence-corrected chi connectivity index (χ1v) is 6.62. The molecule has 1 aliphatic rings. The van der Waals surface area contributed by atoms with Crippen molar-refractivity contribution in [2.45, 2.75) is 18.9 Å². The van der Waals surface area contributed by atoms with Crippen molar-refractivity contribution in [3.63, 3.8) is 0 Å². The lowest BCUT2D eigenvalue weighted by Gasteiger charge is -2.21. The minimum atomic E-state index is -2.83. The summed E-state index contributed by atoms with van der Waals surface area (Å²) in [5, 5.41) is 4.05. The van der Waals surface area contributed by atoms with Crippen LogP contribution in [0.2, 0.25) is 0 Å². The molecule has 0 N–H and O–H groups in total. The third-order valence-electron chi connectivity index (χ3n) is 2.66. The molecule has 0 saturated carbocycles. The van der Waals surface area contributed by atoms with Gasteiger partial charge in [-0.3, -0.25) is 9.48 Å². The molecule has 1 aromatic rings. The number of aromatic nitrogens is 2. The molecule has 82 valence electrons. The lowest BCUT2D eigenvalue weighted by atomic mass is 10.2. The van der Waals surface area contributed by atoms with Crippen molar-refractivity contribution in [1.82, 2.24) is 9.78 Å². The van der Waals surface area contributed by atoms with Crippen molar-refractivity contribution in [2.24, 2.45) is 0 Å². The molecule has 6 heteroatoms. The molecule has 0 atom stereocenters. The average Bonchev–Trinajstić information content (AvgIpc) is 2.66. The number of aldehydes is 1. The minimum Gasteiger partial charge on any atom is -0.298 e. The van der Waals surface area contributed by atoms with Gasteiger partial charge in [-0.25, -0.2) is 8.42 Å². The molecule has 0 unspecified atom stereocenters. The molecule has 0 radical (unpaired) electrons. The van der Waals surface area contributed by atoms with E-state index in [1.807, 2.05) is 0 Å². The van der Waals surface area contributed by atoms with Crippen LogP contribution in [-0.4, -0.2) is 36.0 Å². The van der Waals surface area contributed by atoms with E-state index in [2.05, 4.69) is 5.10 Å². The van der Waals surface area contributed by atoms with Crippen molar-refractivity contribution >= 4 is 16.1 Å². The summed E-state index contributed by atoms with van der Waals surface area (Å²) in [6.45, 7) is 0. The Balaban J connectivity index is 2.10. The second-order valence-electron chi connectivity index (χ2n) is 3.75. The van der Waals surface area contributed by atoms with Crippen LogP contribution in [0.15, 0.2) is 12.4 Å². The maximum atomic E-state index is 11.2. The fourth-order valence-electron chi connectivity index (χ4n) is 1.76. The highest BCUT2D eigenvalue weighted by Gasteiger charge is 2.24.